The third kappa shape index (κ3) is 6.73. The first-order valence-electron chi connectivity index (χ1n) is 13.9. The van der Waals surface area contributed by atoms with Gasteiger partial charge in [0.2, 0.25) is 0 Å². The Balaban J connectivity index is 3.02. The molecule has 0 aliphatic heterocycles. The Morgan fingerprint density at radius 3 is 1.69 bits per heavy atom. The van der Waals surface area contributed by atoms with Gasteiger partial charge in [0.1, 0.15) is 0 Å². The van der Waals surface area contributed by atoms with E-state index in [-0.39, 0.29) is 13.1 Å². The molecule has 196 valence electrons. The second-order valence-corrected chi connectivity index (χ2v) is 37.7. The number of aryl methyl sites for hydroxylation is 1. The first kappa shape index (κ1) is 31.3. The van der Waals surface area contributed by atoms with E-state index in [1.54, 1.807) is 5.71 Å². The number of rotatable bonds is 10. The predicted octanol–water partition coefficient (Wildman–Crippen LogP) is 10.2. The van der Waals surface area contributed by atoms with E-state index in [1.807, 2.05) is 7.11 Å². The van der Waals surface area contributed by atoms with E-state index in [0.29, 0.717) is 0 Å². The SMILES string of the molecule is CCC(CC)(c1cc(C)cc(C(C)(C)C)c1OC)[C]1([Y]([CH2][Si](C)(C)C)[CH2][Si](C)(C)C)C=CC(C)=C1. The van der Waals surface area contributed by atoms with E-state index in [1.165, 1.54) is 22.3 Å². The number of ether oxygens (including phenoxy) is 1. The summed E-state index contributed by atoms with van der Waals surface area (Å²) < 4.78 is 9.75. The van der Waals surface area contributed by atoms with Gasteiger partial charge in [0.25, 0.3) is 0 Å². The van der Waals surface area contributed by atoms with Gasteiger partial charge in [-0.25, -0.2) is 0 Å². The first-order chi connectivity index (χ1) is 15.9. The van der Waals surface area contributed by atoms with E-state index in [4.69, 9.17) is 4.74 Å². The Morgan fingerprint density at radius 2 is 1.34 bits per heavy atom. The van der Waals surface area contributed by atoms with Crippen LogP contribution in [0.4, 0.5) is 0 Å². The molecule has 0 aromatic heterocycles. The number of methoxy groups -OCH3 is 1. The maximum absolute atomic E-state index is 6.38. The van der Waals surface area contributed by atoms with Crippen LogP contribution in [-0.4, -0.2) is 23.3 Å². The molecule has 0 amide bonds. The zero-order chi connectivity index (χ0) is 27.0. The van der Waals surface area contributed by atoms with Crippen LogP contribution in [0.25, 0.3) is 0 Å². The van der Waals surface area contributed by atoms with Gasteiger partial charge >= 0.3 is 233 Å². The van der Waals surface area contributed by atoms with E-state index in [0.717, 1.165) is 18.6 Å². The fourth-order valence-electron chi connectivity index (χ4n) is 6.96. The molecule has 1 aliphatic carbocycles. The van der Waals surface area contributed by atoms with E-state index >= 15 is 0 Å². The summed E-state index contributed by atoms with van der Waals surface area (Å²) in [6, 6.07) is 4.88. The molecule has 1 atom stereocenters. The third-order valence-electron chi connectivity index (χ3n) is 8.28. The summed E-state index contributed by atoms with van der Waals surface area (Å²) in [5.41, 5.74) is 5.82. The molecule has 0 bridgehead atoms. The summed E-state index contributed by atoms with van der Waals surface area (Å²) >= 11 is -2.21. The van der Waals surface area contributed by atoms with Gasteiger partial charge in [-0.15, -0.1) is 0 Å². The molecule has 1 aromatic rings. The van der Waals surface area contributed by atoms with Crippen molar-refractivity contribution in [3.8, 4) is 5.75 Å². The molecule has 1 aliphatic rings. The van der Waals surface area contributed by atoms with Crippen LogP contribution in [0, 0.1) is 6.92 Å². The molecular weight excluding hydrogens is 533 g/mol. The molecule has 0 saturated carbocycles. The van der Waals surface area contributed by atoms with Gasteiger partial charge in [0.15, 0.2) is 0 Å². The van der Waals surface area contributed by atoms with Crippen LogP contribution in [0.5, 0.6) is 5.75 Å². The quantitative estimate of drug-likeness (QED) is 0.247. The number of benzene rings is 1. The first-order valence-corrected chi connectivity index (χ1v) is 26.8. The summed E-state index contributed by atoms with van der Waals surface area (Å²) in [4.78, 5) is 0. The summed E-state index contributed by atoms with van der Waals surface area (Å²) in [6.45, 7) is 32.3. The minimum absolute atomic E-state index is 0.0447. The van der Waals surface area contributed by atoms with Gasteiger partial charge in [-0.3, -0.25) is 0 Å². The normalized spacial score (nSPS) is 19.2. The Bertz CT molecular complexity index is 936. The molecule has 0 heterocycles. The Morgan fingerprint density at radius 1 is 0.857 bits per heavy atom. The molecule has 0 N–H and O–H groups in total. The van der Waals surface area contributed by atoms with Crippen LogP contribution in [0.1, 0.15) is 71.1 Å². The van der Waals surface area contributed by atoms with Gasteiger partial charge in [0.05, 0.1) is 0 Å². The van der Waals surface area contributed by atoms with Crippen molar-refractivity contribution in [3.63, 3.8) is 0 Å². The summed E-state index contributed by atoms with van der Waals surface area (Å²) in [5.74, 6) is 1.16. The third-order valence-corrected chi connectivity index (χ3v) is 42.6. The topological polar surface area (TPSA) is 9.23 Å². The van der Waals surface area contributed by atoms with Gasteiger partial charge in [0, 0.05) is 0 Å². The molecule has 0 radical (unpaired) electrons. The Labute approximate surface area is 231 Å². The van der Waals surface area contributed by atoms with Crippen molar-refractivity contribution in [2.75, 3.05) is 7.11 Å². The van der Waals surface area contributed by atoms with Crippen molar-refractivity contribution in [1.29, 1.82) is 0 Å². The minimum atomic E-state index is -2.21. The second-order valence-electron chi connectivity index (χ2n) is 14.8. The molecule has 35 heavy (non-hydrogen) atoms. The van der Waals surface area contributed by atoms with Crippen LogP contribution in [0.15, 0.2) is 35.9 Å². The molecule has 1 nitrogen and oxygen atoms in total. The summed E-state index contributed by atoms with van der Waals surface area (Å²) in [6.07, 6.45) is 10.3. The summed E-state index contributed by atoms with van der Waals surface area (Å²) in [7, 11) is -0.523. The molecular formula is C31H55OSi2Y. The Hall–Kier alpha value is 0.0377. The molecule has 0 saturated heterocycles. The van der Waals surface area contributed by atoms with Crippen LogP contribution >= 0.6 is 0 Å². The molecule has 4 heteroatoms. The molecule has 0 spiro atoms. The number of hydrogen-bond acceptors (Lipinski definition) is 1. The van der Waals surface area contributed by atoms with Gasteiger partial charge < -0.3 is 0 Å². The fourth-order valence-corrected chi connectivity index (χ4v) is 46.6. The van der Waals surface area contributed by atoms with Crippen molar-refractivity contribution in [3.05, 3.63) is 52.6 Å². The molecule has 2 rings (SSSR count). The maximum atomic E-state index is 6.38. The number of hydrogen-bond donors (Lipinski definition) is 0. The predicted molar refractivity (Wildman–Crippen MR) is 161 cm³/mol. The van der Waals surface area contributed by atoms with Crippen molar-refractivity contribution in [2.45, 2.75) is 119 Å². The van der Waals surface area contributed by atoms with Crippen molar-refractivity contribution in [1.82, 2.24) is 0 Å². The zero-order valence-electron chi connectivity index (χ0n) is 25.7. The van der Waals surface area contributed by atoms with Gasteiger partial charge in [-0.2, -0.15) is 0 Å². The number of allylic oxidation sites excluding steroid dienone is 4. The van der Waals surface area contributed by atoms with E-state index < -0.39 is 43.6 Å². The van der Waals surface area contributed by atoms with Crippen LogP contribution < -0.4 is 4.74 Å². The molecule has 0 fully saturated rings. The molecule has 1 unspecified atom stereocenters. The van der Waals surface area contributed by atoms with E-state index in [2.05, 4.69) is 118 Å². The van der Waals surface area contributed by atoms with Crippen molar-refractivity contribution in [2.24, 2.45) is 0 Å². The standard InChI is InChI=1S/C23H33O.2C4H11Si.Y/c1-9-23(10-2,18-12-11-16(3)13-18)20-15-17(4)14-19(21(20)24-8)22(5,6)7;2*1-5(2,3)4;/h11-15H,9-10H2,1-8H3;2*1H2,2-4H3;. The molecule has 1 aromatic carbocycles. The monoisotopic (exact) mass is 588 g/mol. The van der Waals surface area contributed by atoms with Crippen LogP contribution in [0.2, 0.25) is 47.2 Å². The van der Waals surface area contributed by atoms with Crippen molar-refractivity contribution < 1.29 is 32.2 Å². The second kappa shape index (κ2) is 11.0. The zero-order valence-corrected chi connectivity index (χ0v) is 30.5. The van der Waals surface area contributed by atoms with Crippen LogP contribution in [-0.2, 0) is 38.3 Å². The fraction of sp³-hybridized carbons (Fsp3) is 0.677. The average molecular weight is 589 g/mol. The summed E-state index contributed by atoms with van der Waals surface area (Å²) in [5, 5.41) is 0. The van der Waals surface area contributed by atoms with Crippen molar-refractivity contribution >= 4 is 16.1 Å². The Kier molecular flexibility index (Phi) is 9.85. The average Bonchev–Trinajstić information content (AvgIpc) is 3.09. The van der Waals surface area contributed by atoms with Crippen LogP contribution in [0.3, 0.4) is 0 Å². The van der Waals surface area contributed by atoms with Gasteiger partial charge in [-0.1, -0.05) is 0 Å². The van der Waals surface area contributed by atoms with Gasteiger partial charge in [-0.05, 0) is 0 Å². The van der Waals surface area contributed by atoms with E-state index in [9.17, 15) is 0 Å².